The number of para-hydroxylation sites is 1. The number of aryl methyl sites for hydroxylation is 2. The average molecular weight is 295 g/mol. The summed E-state index contributed by atoms with van der Waals surface area (Å²) in [7, 11) is 0. The number of benzene rings is 1. The fourth-order valence-corrected chi connectivity index (χ4v) is 2.63. The molecule has 3 rings (SSSR count). The number of nitrogens with zero attached hydrogens (tertiary/aromatic N) is 2. The molecule has 1 N–H and O–H groups in total. The van der Waals surface area contributed by atoms with E-state index in [1.54, 1.807) is 0 Å². The van der Waals surface area contributed by atoms with Crippen molar-refractivity contribution < 1.29 is 4.42 Å². The van der Waals surface area contributed by atoms with Gasteiger partial charge in [0.1, 0.15) is 11.5 Å². The minimum absolute atomic E-state index is 0.248. The van der Waals surface area contributed by atoms with Crippen molar-refractivity contribution in [1.82, 2.24) is 15.1 Å². The van der Waals surface area contributed by atoms with Crippen LogP contribution in [0.1, 0.15) is 35.6 Å². The summed E-state index contributed by atoms with van der Waals surface area (Å²) in [6.45, 7) is 6.91. The van der Waals surface area contributed by atoms with E-state index in [-0.39, 0.29) is 6.04 Å². The van der Waals surface area contributed by atoms with Crippen LogP contribution in [0.4, 0.5) is 0 Å². The Morgan fingerprint density at radius 2 is 2.00 bits per heavy atom. The number of rotatable bonds is 5. The molecule has 1 unspecified atom stereocenters. The monoisotopic (exact) mass is 295 g/mol. The lowest BCUT2D eigenvalue weighted by Gasteiger charge is -2.12. The molecule has 1 atom stereocenters. The van der Waals surface area contributed by atoms with E-state index in [0.717, 1.165) is 29.3 Å². The second-order valence-corrected chi connectivity index (χ2v) is 5.60. The van der Waals surface area contributed by atoms with Crippen molar-refractivity contribution in [3.05, 3.63) is 71.4 Å². The fourth-order valence-electron chi connectivity index (χ4n) is 2.63. The number of hydrogen-bond acceptors (Lipinski definition) is 3. The summed E-state index contributed by atoms with van der Waals surface area (Å²) in [4.78, 5) is 0. The van der Waals surface area contributed by atoms with Crippen molar-refractivity contribution in [2.75, 3.05) is 0 Å². The van der Waals surface area contributed by atoms with Crippen LogP contribution < -0.4 is 5.32 Å². The molecule has 114 valence electrons. The lowest BCUT2D eigenvalue weighted by atomic mass is 10.1. The molecule has 0 spiro atoms. The van der Waals surface area contributed by atoms with Crippen LogP contribution in [0, 0.1) is 13.8 Å². The van der Waals surface area contributed by atoms with Gasteiger partial charge in [-0.1, -0.05) is 18.2 Å². The smallest absolute Gasteiger partial charge is 0.105 e. The summed E-state index contributed by atoms with van der Waals surface area (Å²) >= 11 is 0. The van der Waals surface area contributed by atoms with Crippen LogP contribution in [-0.2, 0) is 6.54 Å². The zero-order valence-electron chi connectivity index (χ0n) is 13.2. The van der Waals surface area contributed by atoms with Gasteiger partial charge < -0.3 is 9.73 Å². The van der Waals surface area contributed by atoms with Crippen LogP contribution >= 0.6 is 0 Å². The number of aromatic nitrogens is 2. The molecular weight excluding hydrogens is 274 g/mol. The standard InChI is InChI=1S/C18H21N3O/c1-13-9-18(15(3)22-13)14(2)19-10-16-11-20-21(12-16)17-7-5-4-6-8-17/h4-9,11-12,14,19H,10H2,1-3H3. The third kappa shape index (κ3) is 3.12. The second kappa shape index (κ2) is 6.20. The third-order valence-corrected chi connectivity index (χ3v) is 3.82. The summed E-state index contributed by atoms with van der Waals surface area (Å²) in [6, 6.07) is 12.5. The molecule has 2 heterocycles. The molecular formula is C18H21N3O. The molecule has 0 aliphatic heterocycles. The molecule has 0 saturated carbocycles. The highest BCUT2D eigenvalue weighted by atomic mass is 16.3. The first kappa shape index (κ1) is 14.6. The summed E-state index contributed by atoms with van der Waals surface area (Å²) in [6.07, 6.45) is 3.96. The van der Waals surface area contributed by atoms with Gasteiger partial charge in [0.2, 0.25) is 0 Å². The van der Waals surface area contributed by atoms with Crippen LogP contribution in [0.15, 0.2) is 53.2 Å². The van der Waals surface area contributed by atoms with E-state index in [1.165, 1.54) is 5.56 Å². The van der Waals surface area contributed by atoms with E-state index in [4.69, 9.17) is 4.42 Å². The van der Waals surface area contributed by atoms with Gasteiger partial charge in [0, 0.05) is 29.9 Å². The second-order valence-electron chi connectivity index (χ2n) is 5.60. The number of hydrogen-bond donors (Lipinski definition) is 1. The van der Waals surface area contributed by atoms with E-state index in [1.807, 2.05) is 55.1 Å². The Kier molecular flexibility index (Phi) is 4.11. The maximum absolute atomic E-state index is 5.59. The van der Waals surface area contributed by atoms with Crippen LogP contribution in [0.5, 0.6) is 0 Å². The van der Waals surface area contributed by atoms with Crippen LogP contribution in [0.3, 0.4) is 0 Å². The molecule has 0 saturated heterocycles. The van der Waals surface area contributed by atoms with Gasteiger partial charge in [-0.15, -0.1) is 0 Å². The highest BCUT2D eigenvalue weighted by Gasteiger charge is 2.12. The van der Waals surface area contributed by atoms with Gasteiger partial charge in [0.05, 0.1) is 11.9 Å². The summed E-state index contributed by atoms with van der Waals surface area (Å²) < 4.78 is 7.49. The Bertz CT molecular complexity index is 743. The van der Waals surface area contributed by atoms with E-state index in [9.17, 15) is 0 Å². The van der Waals surface area contributed by atoms with Gasteiger partial charge in [-0.3, -0.25) is 0 Å². The fraction of sp³-hybridized carbons (Fsp3) is 0.278. The first-order valence-corrected chi connectivity index (χ1v) is 7.53. The topological polar surface area (TPSA) is 43.0 Å². The van der Waals surface area contributed by atoms with Gasteiger partial charge in [0.15, 0.2) is 0 Å². The van der Waals surface area contributed by atoms with Crippen molar-refractivity contribution in [1.29, 1.82) is 0 Å². The number of furan rings is 1. The molecule has 3 aromatic rings. The molecule has 0 aliphatic carbocycles. The summed E-state index contributed by atoms with van der Waals surface area (Å²) in [5.74, 6) is 1.94. The van der Waals surface area contributed by atoms with Gasteiger partial charge >= 0.3 is 0 Å². The van der Waals surface area contributed by atoms with E-state index in [0.29, 0.717) is 0 Å². The molecule has 1 aromatic carbocycles. The maximum Gasteiger partial charge on any atom is 0.105 e. The molecule has 4 heteroatoms. The quantitative estimate of drug-likeness (QED) is 0.775. The Labute approximate surface area is 130 Å². The average Bonchev–Trinajstić information content (AvgIpc) is 3.12. The van der Waals surface area contributed by atoms with Gasteiger partial charge in [0.25, 0.3) is 0 Å². The normalized spacial score (nSPS) is 12.5. The van der Waals surface area contributed by atoms with Crippen molar-refractivity contribution in [2.45, 2.75) is 33.4 Å². The first-order valence-electron chi connectivity index (χ1n) is 7.53. The SMILES string of the molecule is Cc1cc(C(C)NCc2cnn(-c3ccccc3)c2)c(C)o1. The molecule has 0 fully saturated rings. The van der Waals surface area contributed by atoms with Gasteiger partial charge in [-0.05, 0) is 39.0 Å². The van der Waals surface area contributed by atoms with E-state index in [2.05, 4.69) is 29.6 Å². The predicted molar refractivity (Wildman–Crippen MR) is 87.0 cm³/mol. The lowest BCUT2D eigenvalue weighted by Crippen LogP contribution is -2.18. The highest BCUT2D eigenvalue weighted by molar-refractivity contribution is 5.31. The van der Waals surface area contributed by atoms with Crippen molar-refractivity contribution in [2.24, 2.45) is 0 Å². The molecule has 4 nitrogen and oxygen atoms in total. The van der Waals surface area contributed by atoms with Gasteiger partial charge in [-0.2, -0.15) is 5.10 Å². The third-order valence-electron chi connectivity index (χ3n) is 3.82. The lowest BCUT2D eigenvalue weighted by molar-refractivity contribution is 0.489. The summed E-state index contributed by atoms with van der Waals surface area (Å²) in [5.41, 5.74) is 3.45. The largest absolute Gasteiger partial charge is 0.466 e. The molecule has 0 aliphatic rings. The molecule has 2 aromatic heterocycles. The molecule has 22 heavy (non-hydrogen) atoms. The zero-order valence-corrected chi connectivity index (χ0v) is 13.2. The van der Waals surface area contributed by atoms with Crippen molar-refractivity contribution in [3.8, 4) is 5.69 Å². The Hall–Kier alpha value is -2.33. The Balaban J connectivity index is 1.65. The summed E-state index contributed by atoms with van der Waals surface area (Å²) in [5, 5.41) is 7.94. The predicted octanol–water partition coefficient (Wildman–Crippen LogP) is 3.93. The highest BCUT2D eigenvalue weighted by Crippen LogP contribution is 2.21. The molecule has 0 bridgehead atoms. The minimum atomic E-state index is 0.248. The Morgan fingerprint density at radius 1 is 1.23 bits per heavy atom. The molecule has 0 amide bonds. The Morgan fingerprint density at radius 3 is 2.68 bits per heavy atom. The zero-order chi connectivity index (χ0) is 15.5. The van der Waals surface area contributed by atoms with Crippen LogP contribution in [-0.4, -0.2) is 9.78 Å². The maximum atomic E-state index is 5.59. The van der Waals surface area contributed by atoms with E-state index >= 15 is 0 Å². The molecule has 0 radical (unpaired) electrons. The van der Waals surface area contributed by atoms with Crippen LogP contribution in [0.25, 0.3) is 5.69 Å². The minimum Gasteiger partial charge on any atom is -0.466 e. The van der Waals surface area contributed by atoms with Crippen molar-refractivity contribution in [3.63, 3.8) is 0 Å². The van der Waals surface area contributed by atoms with E-state index < -0.39 is 0 Å². The first-order chi connectivity index (χ1) is 10.6. The van der Waals surface area contributed by atoms with Crippen LogP contribution in [0.2, 0.25) is 0 Å². The van der Waals surface area contributed by atoms with Gasteiger partial charge in [-0.25, -0.2) is 4.68 Å². The van der Waals surface area contributed by atoms with Crippen molar-refractivity contribution >= 4 is 0 Å². The number of nitrogens with one attached hydrogen (secondary N) is 1.